The largest absolute Gasteiger partial charge is 0.352 e. The van der Waals surface area contributed by atoms with Crippen molar-refractivity contribution in [1.82, 2.24) is 19.7 Å². The zero-order chi connectivity index (χ0) is 18.8. The fourth-order valence-electron chi connectivity index (χ4n) is 3.11. The van der Waals surface area contributed by atoms with E-state index < -0.39 is 0 Å². The first-order chi connectivity index (χ1) is 13.1. The number of fused-ring (bicyclic) bond motifs is 1. The molecule has 27 heavy (non-hydrogen) atoms. The Balaban J connectivity index is 1.63. The molecule has 0 amide bonds. The molecule has 136 valence electrons. The van der Waals surface area contributed by atoms with Gasteiger partial charge in [-0.3, -0.25) is 9.78 Å². The lowest BCUT2D eigenvalue weighted by Crippen LogP contribution is -2.13. The number of rotatable bonds is 5. The first-order valence-electron chi connectivity index (χ1n) is 8.98. The molecular formula is C21H21N5O. The maximum Gasteiger partial charge on any atom is 0.260 e. The Bertz CT molecular complexity index is 1130. The standard InChI is InChI=1S/C21H21N5O/c1-14(2)19-15(13-26(25-19)16-8-4-3-5-9-16)12-22-21-23-18-11-7-6-10-17(18)20(27)24-21/h3-11,13-14H,12H2,1-2H3,(H2,22,23,24,27). The lowest BCUT2D eigenvalue weighted by molar-refractivity contribution is 0.763. The van der Waals surface area contributed by atoms with Crippen LogP contribution in [-0.2, 0) is 6.54 Å². The number of para-hydroxylation sites is 2. The molecule has 4 rings (SSSR count). The second-order valence-corrected chi connectivity index (χ2v) is 6.76. The Hall–Kier alpha value is -3.41. The lowest BCUT2D eigenvalue weighted by Gasteiger charge is -2.08. The van der Waals surface area contributed by atoms with Gasteiger partial charge in [0.05, 0.1) is 22.3 Å². The SMILES string of the molecule is CC(C)c1nn(-c2ccccc2)cc1CNc1nc2ccccc2c(=O)[nH]1. The summed E-state index contributed by atoms with van der Waals surface area (Å²) in [6.07, 6.45) is 2.02. The van der Waals surface area contributed by atoms with Crippen LogP contribution in [-0.4, -0.2) is 19.7 Å². The monoisotopic (exact) mass is 359 g/mol. The fourth-order valence-corrected chi connectivity index (χ4v) is 3.11. The third kappa shape index (κ3) is 3.46. The van der Waals surface area contributed by atoms with Crippen LogP contribution in [0.25, 0.3) is 16.6 Å². The van der Waals surface area contributed by atoms with Gasteiger partial charge in [0.25, 0.3) is 5.56 Å². The summed E-state index contributed by atoms with van der Waals surface area (Å²) in [4.78, 5) is 19.5. The van der Waals surface area contributed by atoms with Crippen molar-refractivity contribution in [1.29, 1.82) is 0 Å². The van der Waals surface area contributed by atoms with Crippen LogP contribution in [0.4, 0.5) is 5.95 Å². The van der Waals surface area contributed by atoms with E-state index >= 15 is 0 Å². The minimum Gasteiger partial charge on any atom is -0.352 e. The summed E-state index contributed by atoms with van der Waals surface area (Å²) in [5, 5.41) is 8.56. The van der Waals surface area contributed by atoms with E-state index in [-0.39, 0.29) is 11.5 Å². The van der Waals surface area contributed by atoms with Crippen molar-refractivity contribution in [2.45, 2.75) is 26.3 Å². The van der Waals surface area contributed by atoms with Crippen molar-refractivity contribution in [3.63, 3.8) is 0 Å². The summed E-state index contributed by atoms with van der Waals surface area (Å²) in [6.45, 7) is 4.77. The minimum atomic E-state index is -0.146. The second-order valence-electron chi connectivity index (χ2n) is 6.76. The summed E-state index contributed by atoms with van der Waals surface area (Å²) >= 11 is 0. The van der Waals surface area contributed by atoms with Crippen molar-refractivity contribution in [2.24, 2.45) is 0 Å². The molecule has 0 unspecified atom stereocenters. The van der Waals surface area contributed by atoms with E-state index in [4.69, 9.17) is 5.10 Å². The smallest absolute Gasteiger partial charge is 0.260 e. The van der Waals surface area contributed by atoms with Gasteiger partial charge in [-0.05, 0) is 30.2 Å². The molecule has 2 aromatic heterocycles. The number of anilines is 1. The number of nitrogens with zero attached hydrogens (tertiary/aromatic N) is 3. The molecule has 0 saturated carbocycles. The Labute approximate surface area is 156 Å². The molecule has 0 radical (unpaired) electrons. The number of hydrogen-bond acceptors (Lipinski definition) is 4. The Morgan fingerprint density at radius 3 is 2.59 bits per heavy atom. The van der Waals surface area contributed by atoms with Crippen LogP contribution in [0.5, 0.6) is 0 Å². The molecule has 2 aromatic carbocycles. The molecule has 0 aliphatic rings. The quantitative estimate of drug-likeness (QED) is 0.568. The molecule has 0 spiro atoms. The van der Waals surface area contributed by atoms with Crippen molar-refractivity contribution >= 4 is 16.9 Å². The van der Waals surface area contributed by atoms with Crippen LogP contribution in [0.15, 0.2) is 65.6 Å². The molecule has 6 nitrogen and oxygen atoms in total. The zero-order valence-corrected chi connectivity index (χ0v) is 15.3. The van der Waals surface area contributed by atoms with E-state index in [1.165, 1.54) is 0 Å². The van der Waals surface area contributed by atoms with Gasteiger partial charge in [0.2, 0.25) is 5.95 Å². The highest BCUT2D eigenvalue weighted by Crippen LogP contribution is 2.21. The lowest BCUT2D eigenvalue weighted by atomic mass is 10.1. The van der Waals surface area contributed by atoms with E-state index in [0.29, 0.717) is 23.4 Å². The number of hydrogen-bond donors (Lipinski definition) is 2. The van der Waals surface area contributed by atoms with Crippen molar-refractivity contribution in [3.05, 3.63) is 82.4 Å². The average Bonchev–Trinajstić information content (AvgIpc) is 3.12. The van der Waals surface area contributed by atoms with Gasteiger partial charge in [-0.1, -0.05) is 44.2 Å². The molecule has 2 heterocycles. The van der Waals surface area contributed by atoms with E-state index in [1.54, 1.807) is 6.07 Å². The van der Waals surface area contributed by atoms with Crippen molar-refractivity contribution < 1.29 is 0 Å². The van der Waals surface area contributed by atoms with Crippen LogP contribution >= 0.6 is 0 Å². The van der Waals surface area contributed by atoms with Gasteiger partial charge in [0.15, 0.2) is 0 Å². The number of nitrogens with one attached hydrogen (secondary N) is 2. The van der Waals surface area contributed by atoms with E-state index in [1.807, 2.05) is 59.4 Å². The Morgan fingerprint density at radius 2 is 1.81 bits per heavy atom. The van der Waals surface area contributed by atoms with Crippen LogP contribution < -0.4 is 10.9 Å². The third-order valence-corrected chi connectivity index (χ3v) is 4.45. The van der Waals surface area contributed by atoms with Gasteiger partial charge < -0.3 is 5.32 Å². The zero-order valence-electron chi connectivity index (χ0n) is 15.3. The molecule has 4 aromatic rings. The topological polar surface area (TPSA) is 75.6 Å². The van der Waals surface area contributed by atoms with Crippen LogP contribution in [0.2, 0.25) is 0 Å². The number of benzene rings is 2. The molecule has 0 aliphatic heterocycles. The van der Waals surface area contributed by atoms with Crippen molar-refractivity contribution in [3.8, 4) is 5.69 Å². The minimum absolute atomic E-state index is 0.146. The summed E-state index contributed by atoms with van der Waals surface area (Å²) < 4.78 is 1.89. The van der Waals surface area contributed by atoms with Gasteiger partial charge >= 0.3 is 0 Å². The summed E-state index contributed by atoms with van der Waals surface area (Å²) in [5.74, 6) is 0.747. The summed E-state index contributed by atoms with van der Waals surface area (Å²) in [5.41, 5.74) is 3.64. The predicted molar refractivity (Wildman–Crippen MR) is 107 cm³/mol. The molecule has 6 heteroatoms. The highest BCUT2D eigenvalue weighted by molar-refractivity contribution is 5.78. The maximum atomic E-state index is 12.2. The van der Waals surface area contributed by atoms with Gasteiger partial charge in [0, 0.05) is 18.3 Å². The van der Waals surface area contributed by atoms with Gasteiger partial charge in [0.1, 0.15) is 0 Å². The molecule has 0 saturated heterocycles. The number of aromatic nitrogens is 4. The summed E-state index contributed by atoms with van der Waals surface area (Å²) in [6, 6.07) is 17.3. The first-order valence-corrected chi connectivity index (χ1v) is 8.98. The summed E-state index contributed by atoms with van der Waals surface area (Å²) in [7, 11) is 0. The molecule has 2 N–H and O–H groups in total. The molecule has 0 aliphatic carbocycles. The Kier molecular flexibility index (Phi) is 4.46. The van der Waals surface area contributed by atoms with Gasteiger partial charge in [-0.2, -0.15) is 5.10 Å². The maximum absolute atomic E-state index is 12.2. The van der Waals surface area contributed by atoms with Gasteiger partial charge in [-0.15, -0.1) is 0 Å². The van der Waals surface area contributed by atoms with E-state index in [2.05, 4.69) is 29.1 Å². The predicted octanol–water partition coefficient (Wildman–Crippen LogP) is 3.84. The number of aromatic amines is 1. The van der Waals surface area contributed by atoms with Crippen LogP contribution in [0, 0.1) is 0 Å². The van der Waals surface area contributed by atoms with E-state index in [0.717, 1.165) is 16.9 Å². The molecule has 0 fully saturated rings. The Morgan fingerprint density at radius 1 is 1.07 bits per heavy atom. The van der Waals surface area contributed by atoms with Crippen LogP contribution in [0.3, 0.4) is 0 Å². The van der Waals surface area contributed by atoms with Crippen LogP contribution in [0.1, 0.15) is 31.0 Å². The van der Waals surface area contributed by atoms with Crippen molar-refractivity contribution in [2.75, 3.05) is 5.32 Å². The average molecular weight is 359 g/mol. The highest BCUT2D eigenvalue weighted by Gasteiger charge is 2.14. The van der Waals surface area contributed by atoms with Gasteiger partial charge in [-0.25, -0.2) is 9.67 Å². The highest BCUT2D eigenvalue weighted by atomic mass is 16.1. The third-order valence-electron chi connectivity index (χ3n) is 4.45. The molecule has 0 atom stereocenters. The molecular weight excluding hydrogens is 338 g/mol. The first kappa shape index (κ1) is 17.0. The number of H-pyrrole nitrogens is 1. The molecule has 0 bridgehead atoms. The fraction of sp³-hybridized carbons (Fsp3) is 0.190. The normalized spacial score (nSPS) is 11.2. The second kappa shape index (κ2) is 7.07. The van der Waals surface area contributed by atoms with E-state index in [9.17, 15) is 4.79 Å².